The van der Waals surface area contributed by atoms with E-state index in [-0.39, 0.29) is 37.0 Å². The lowest BCUT2D eigenvalue weighted by Gasteiger charge is -2.34. The molecule has 0 atom stereocenters. The number of nitrogens with zero attached hydrogens (tertiary/aromatic N) is 2. The number of hydrogen-bond donors (Lipinski definition) is 1. The van der Waals surface area contributed by atoms with Gasteiger partial charge in [0, 0.05) is 37.0 Å². The molecular weight excluding hydrogens is 396 g/mol. The van der Waals surface area contributed by atoms with Crippen molar-refractivity contribution in [2.75, 3.05) is 44.7 Å². The molecule has 1 saturated heterocycles. The number of fused-ring (bicyclic) bond motifs is 1. The Balaban J connectivity index is 1.30. The van der Waals surface area contributed by atoms with Crippen molar-refractivity contribution < 1.29 is 27.8 Å². The number of carbonyl (C=O) groups is 2. The summed E-state index contributed by atoms with van der Waals surface area (Å²) in [6.45, 7) is 1.80. The van der Waals surface area contributed by atoms with Crippen molar-refractivity contribution in [1.29, 1.82) is 0 Å². The van der Waals surface area contributed by atoms with Gasteiger partial charge in [0.1, 0.15) is 24.8 Å². The highest BCUT2D eigenvalue weighted by molar-refractivity contribution is 5.93. The molecule has 2 aromatic rings. The fourth-order valence-electron chi connectivity index (χ4n) is 3.45. The van der Waals surface area contributed by atoms with Crippen LogP contribution in [0, 0.1) is 11.6 Å². The molecule has 9 heteroatoms. The maximum atomic E-state index is 13.8. The van der Waals surface area contributed by atoms with Crippen LogP contribution in [0.5, 0.6) is 11.5 Å². The zero-order valence-electron chi connectivity index (χ0n) is 16.2. The van der Waals surface area contributed by atoms with E-state index in [1.807, 2.05) is 0 Å². The zero-order valence-corrected chi connectivity index (χ0v) is 16.2. The second-order valence-electron chi connectivity index (χ2n) is 7.17. The Kier molecular flexibility index (Phi) is 5.80. The smallest absolute Gasteiger partial charge is 0.238 e. The van der Waals surface area contributed by atoms with Gasteiger partial charge in [-0.15, -0.1) is 0 Å². The molecule has 0 unspecified atom stereocenters. The van der Waals surface area contributed by atoms with Gasteiger partial charge in [-0.25, -0.2) is 8.78 Å². The van der Waals surface area contributed by atoms with Crippen LogP contribution in [0.3, 0.4) is 0 Å². The predicted molar refractivity (Wildman–Crippen MR) is 104 cm³/mol. The molecule has 4 rings (SSSR count). The number of piperazine rings is 1. The van der Waals surface area contributed by atoms with Crippen LogP contribution in [0.4, 0.5) is 14.5 Å². The standard InChI is InChI=1S/C21H21F2N3O4/c22-15-1-3-17(23)14(9-15)11-26-6-5-25(13-21(26)28)12-20(27)24-16-2-4-18-19(10-16)30-8-7-29-18/h1-4,9-10H,5-8,11-13H2,(H,24,27). The third-order valence-corrected chi connectivity index (χ3v) is 4.96. The summed E-state index contributed by atoms with van der Waals surface area (Å²) in [5, 5.41) is 2.79. The van der Waals surface area contributed by atoms with E-state index in [1.165, 1.54) is 4.90 Å². The quantitative estimate of drug-likeness (QED) is 0.806. The largest absolute Gasteiger partial charge is 0.486 e. The average molecular weight is 417 g/mol. The summed E-state index contributed by atoms with van der Waals surface area (Å²) in [6, 6.07) is 8.34. The second kappa shape index (κ2) is 8.66. The fraction of sp³-hybridized carbons (Fsp3) is 0.333. The highest BCUT2D eigenvalue weighted by atomic mass is 19.1. The first-order valence-electron chi connectivity index (χ1n) is 9.61. The van der Waals surface area contributed by atoms with Gasteiger partial charge in [0.15, 0.2) is 11.5 Å². The van der Waals surface area contributed by atoms with Crippen LogP contribution >= 0.6 is 0 Å². The lowest BCUT2D eigenvalue weighted by atomic mass is 10.1. The molecule has 1 N–H and O–H groups in total. The number of amides is 2. The third-order valence-electron chi connectivity index (χ3n) is 4.96. The maximum absolute atomic E-state index is 13.8. The number of benzene rings is 2. The molecule has 0 spiro atoms. The number of anilines is 1. The maximum Gasteiger partial charge on any atom is 0.238 e. The second-order valence-corrected chi connectivity index (χ2v) is 7.17. The summed E-state index contributed by atoms with van der Waals surface area (Å²) in [5.41, 5.74) is 0.712. The zero-order chi connectivity index (χ0) is 21.1. The van der Waals surface area contributed by atoms with Crippen molar-refractivity contribution in [1.82, 2.24) is 9.80 Å². The average Bonchev–Trinajstić information content (AvgIpc) is 2.72. The van der Waals surface area contributed by atoms with Crippen molar-refractivity contribution in [3.8, 4) is 11.5 Å². The molecule has 158 valence electrons. The Bertz CT molecular complexity index is 969. The van der Waals surface area contributed by atoms with E-state index in [9.17, 15) is 18.4 Å². The van der Waals surface area contributed by atoms with Crippen LogP contribution in [0.15, 0.2) is 36.4 Å². The predicted octanol–water partition coefficient (Wildman–Crippen LogP) is 2.02. The lowest BCUT2D eigenvalue weighted by Crippen LogP contribution is -2.51. The van der Waals surface area contributed by atoms with Crippen molar-refractivity contribution in [2.24, 2.45) is 0 Å². The normalized spacial score (nSPS) is 16.5. The van der Waals surface area contributed by atoms with E-state index in [0.717, 1.165) is 18.2 Å². The van der Waals surface area contributed by atoms with Crippen molar-refractivity contribution in [2.45, 2.75) is 6.54 Å². The Morgan fingerprint density at radius 2 is 1.83 bits per heavy atom. The van der Waals surface area contributed by atoms with Gasteiger partial charge in [-0.1, -0.05) is 0 Å². The van der Waals surface area contributed by atoms with Crippen LogP contribution in [-0.2, 0) is 16.1 Å². The molecule has 2 heterocycles. The van der Waals surface area contributed by atoms with Gasteiger partial charge in [-0.3, -0.25) is 14.5 Å². The number of hydrogen-bond acceptors (Lipinski definition) is 5. The number of nitrogens with one attached hydrogen (secondary N) is 1. The van der Waals surface area contributed by atoms with Crippen LogP contribution in [-0.4, -0.2) is 61.0 Å². The molecular formula is C21H21F2N3O4. The molecule has 2 amide bonds. The van der Waals surface area contributed by atoms with Gasteiger partial charge in [0.2, 0.25) is 11.8 Å². The number of carbonyl (C=O) groups excluding carboxylic acids is 2. The Morgan fingerprint density at radius 1 is 1.03 bits per heavy atom. The van der Waals surface area contributed by atoms with Crippen LogP contribution in [0.2, 0.25) is 0 Å². The van der Waals surface area contributed by atoms with Crippen molar-refractivity contribution in [3.63, 3.8) is 0 Å². The molecule has 7 nitrogen and oxygen atoms in total. The molecule has 0 bridgehead atoms. The lowest BCUT2D eigenvalue weighted by molar-refractivity contribution is -0.137. The molecule has 1 fully saturated rings. The molecule has 0 aromatic heterocycles. The molecule has 30 heavy (non-hydrogen) atoms. The summed E-state index contributed by atoms with van der Waals surface area (Å²) in [7, 11) is 0. The van der Waals surface area contributed by atoms with E-state index in [4.69, 9.17) is 9.47 Å². The van der Waals surface area contributed by atoms with Crippen LogP contribution in [0.1, 0.15) is 5.56 Å². The number of ether oxygens (including phenoxy) is 2. The molecule has 0 radical (unpaired) electrons. The Morgan fingerprint density at radius 3 is 2.63 bits per heavy atom. The van der Waals surface area contributed by atoms with E-state index < -0.39 is 11.6 Å². The van der Waals surface area contributed by atoms with E-state index in [0.29, 0.717) is 43.5 Å². The van der Waals surface area contributed by atoms with Gasteiger partial charge in [0.25, 0.3) is 0 Å². The minimum absolute atomic E-state index is 0.000338. The summed E-state index contributed by atoms with van der Waals surface area (Å²) in [5.74, 6) is -0.386. The summed E-state index contributed by atoms with van der Waals surface area (Å²) in [4.78, 5) is 28.0. The summed E-state index contributed by atoms with van der Waals surface area (Å²) >= 11 is 0. The van der Waals surface area contributed by atoms with Gasteiger partial charge in [-0.2, -0.15) is 0 Å². The Hall–Kier alpha value is -3.20. The SMILES string of the molecule is O=C(CN1CCN(Cc2cc(F)ccc2F)C(=O)C1)Nc1ccc2c(c1)OCCO2. The van der Waals surface area contributed by atoms with Gasteiger partial charge < -0.3 is 19.7 Å². The minimum atomic E-state index is -0.551. The fourth-order valence-corrected chi connectivity index (χ4v) is 3.45. The van der Waals surface area contributed by atoms with Gasteiger partial charge in [-0.05, 0) is 30.3 Å². The number of rotatable bonds is 5. The van der Waals surface area contributed by atoms with Crippen molar-refractivity contribution >= 4 is 17.5 Å². The topological polar surface area (TPSA) is 71.1 Å². The van der Waals surface area contributed by atoms with E-state index in [2.05, 4.69) is 5.32 Å². The van der Waals surface area contributed by atoms with Crippen molar-refractivity contribution in [3.05, 3.63) is 53.6 Å². The van der Waals surface area contributed by atoms with Gasteiger partial charge in [0.05, 0.1) is 13.1 Å². The molecule has 2 aliphatic rings. The van der Waals surface area contributed by atoms with Crippen LogP contribution in [0.25, 0.3) is 0 Å². The highest BCUT2D eigenvalue weighted by Gasteiger charge is 2.26. The first kappa shape index (κ1) is 20.1. The number of halogens is 2. The van der Waals surface area contributed by atoms with E-state index in [1.54, 1.807) is 23.1 Å². The molecule has 0 aliphatic carbocycles. The first-order valence-corrected chi connectivity index (χ1v) is 9.61. The molecule has 2 aliphatic heterocycles. The minimum Gasteiger partial charge on any atom is -0.486 e. The van der Waals surface area contributed by atoms with E-state index >= 15 is 0 Å². The summed E-state index contributed by atoms with van der Waals surface area (Å²) in [6.07, 6.45) is 0. The third kappa shape index (κ3) is 4.68. The summed E-state index contributed by atoms with van der Waals surface area (Å²) < 4.78 is 38.1. The Labute approximate surface area is 172 Å². The highest BCUT2D eigenvalue weighted by Crippen LogP contribution is 2.32. The van der Waals surface area contributed by atoms with Crippen LogP contribution < -0.4 is 14.8 Å². The molecule has 0 saturated carbocycles. The van der Waals surface area contributed by atoms with Gasteiger partial charge >= 0.3 is 0 Å². The first-order chi connectivity index (χ1) is 14.5. The molecule has 2 aromatic carbocycles. The monoisotopic (exact) mass is 417 g/mol.